The minimum atomic E-state index is -0.493. The van der Waals surface area contributed by atoms with Crippen LogP contribution in [0.4, 0.5) is 8.78 Å². The fraction of sp³-hybridized carbons (Fsp3) is 0.500. The van der Waals surface area contributed by atoms with Gasteiger partial charge in [0.2, 0.25) is 0 Å². The smallest absolute Gasteiger partial charge is 0.129 e. The minimum absolute atomic E-state index is 0.0466. The summed E-state index contributed by atoms with van der Waals surface area (Å²) in [7, 11) is 0. The lowest BCUT2D eigenvalue weighted by atomic mass is 9.86. The highest BCUT2D eigenvalue weighted by atomic mass is 19.1. The average Bonchev–Trinajstić information content (AvgIpc) is 1.96. The first-order chi connectivity index (χ1) is 6.29. The van der Waals surface area contributed by atoms with E-state index < -0.39 is 11.6 Å². The lowest BCUT2D eigenvalue weighted by molar-refractivity contribution is 0.407. The Balaban J connectivity index is 3.09. The molecular formula is C12H16F2. The molecule has 0 heterocycles. The van der Waals surface area contributed by atoms with Crippen LogP contribution in [0, 0.1) is 24.0 Å². The second-order valence-corrected chi connectivity index (χ2v) is 4.91. The van der Waals surface area contributed by atoms with Crippen LogP contribution in [0.1, 0.15) is 31.9 Å². The number of benzene rings is 1. The standard InChI is InChI=1S/C12H16F2/c1-8-9(7-12(2,3)4)5-10(13)6-11(8)14/h5-6H,7H2,1-4H3. The predicted octanol–water partition coefficient (Wildman–Crippen LogP) is 3.86. The molecule has 78 valence electrons. The molecule has 0 N–H and O–H groups in total. The van der Waals surface area contributed by atoms with E-state index in [0.717, 1.165) is 11.6 Å². The molecule has 0 saturated heterocycles. The van der Waals surface area contributed by atoms with Crippen LogP contribution in [0.5, 0.6) is 0 Å². The van der Waals surface area contributed by atoms with E-state index in [9.17, 15) is 8.78 Å². The van der Waals surface area contributed by atoms with Gasteiger partial charge in [0.15, 0.2) is 0 Å². The third kappa shape index (κ3) is 2.79. The molecule has 0 spiro atoms. The van der Waals surface area contributed by atoms with Crippen LogP contribution in [0.2, 0.25) is 0 Å². The normalized spacial score (nSPS) is 11.9. The fourth-order valence-corrected chi connectivity index (χ4v) is 1.45. The van der Waals surface area contributed by atoms with Gasteiger partial charge < -0.3 is 0 Å². The summed E-state index contributed by atoms with van der Waals surface area (Å²) in [6, 6.07) is 2.35. The van der Waals surface area contributed by atoms with Crippen molar-refractivity contribution >= 4 is 0 Å². The topological polar surface area (TPSA) is 0 Å². The fourth-order valence-electron chi connectivity index (χ4n) is 1.45. The van der Waals surface area contributed by atoms with Crippen molar-refractivity contribution in [3.05, 3.63) is 34.9 Å². The van der Waals surface area contributed by atoms with E-state index in [2.05, 4.69) is 20.8 Å². The minimum Gasteiger partial charge on any atom is -0.207 e. The zero-order chi connectivity index (χ0) is 10.9. The van der Waals surface area contributed by atoms with Gasteiger partial charge in [-0.3, -0.25) is 0 Å². The summed E-state index contributed by atoms with van der Waals surface area (Å²) in [6.45, 7) is 7.84. The van der Waals surface area contributed by atoms with E-state index in [-0.39, 0.29) is 5.41 Å². The molecule has 0 radical (unpaired) electrons. The lowest BCUT2D eigenvalue weighted by Gasteiger charge is -2.19. The average molecular weight is 198 g/mol. The Hall–Kier alpha value is -0.920. The molecule has 0 fully saturated rings. The summed E-state index contributed by atoms with van der Waals surface area (Å²) in [5, 5.41) is 0. The Kier molecular flexibility index (Phi) is 2.93. The maximum absolute atomic E-state index is 13.2. The first-order valence-electron chi connectivity index (χ1n) is 4.74. The van der Waals surface area contributed by atoms with Gasteiger partial charge in [-0.1, -0.05) is 20.8 Å². The summed E-state index contributed by atoms with van der Waals surface area (Å²) < 4.78 is 26.1. The van der Waals surface area contributed by atoms with Crippen LogP contribution in [0.3, 0.4) is 0 Å². The van der Waals surface area contributed by atoms with Crippen molar-refractivity contribution < 1.29 is 8.78 Å². The van der Waals surface area contributed by atoms with E-state index in [1.807, 2.05) is 0 Å². The molecule has 0 bridgehead atoms. The monoisotopic (exact) mass is 198 g/mol. The number of hydrogen-bond acceptors (Lipinski definition) is 0. The van der Waals surface area contributed by atoms with Crippen LogP contribution in [0.25, 0.3) is 0 Å². The maximum Gasteiger partial charge on any atom is 0.129 e. The molecule has 0 aliphatic heterocycles. The maximum atomic E-state index is 13.2. The third-order valence-corrected chi connectivity index (χ3v) is 2.14. The molecule has 0 saturated carbocycles. The van der Waals surface area contributed by atoms with E-state index in [1.54, 1.807) is 6.92 Å². The SMILES string of the molecule is Cc1c(F)cc(F)cc1CC(C)(C)C. The Morgan fingerprint density at radius 3 is 2.21 bits per heavy atom. The number of halogens is 2. The van der Waals surface area contributed by atoms with Crippen molar-refractivity contribution in [1.82, 2.24) is 0 Å². The second-order valence-electron chi connectivity index (χ2n) is 4.91. The van der Waals surface area contributed by atoms with Gasteiger partial charge in [0.05, 0.1) is 0 Å². The lowest BCUT2D eigenvalue weighted by Crippen LogP contribution is -2.11. The van der Waals surface area contributed by atoms with Gasteiger partial charge in [0.1, 0.15) is 11.6 Å². The summed E-state index contributed by atoms with van der Waals surface area (Å²) in [6.07, 6.45) is 0.688. The summed E-state index contributed by atoms with van der Waals surface area (Å²) in [5.74, 6) is -0.948. The molecule has 1 aromatic rings. The van der Waals surface area contributed by atoms with Crippen molar-refractivity contribution in [3.8, 4) is 0 Å². The van der Waals surface area contributed by atoms with Crippen LogP contribution in [-0.4, -0.2) is 0 Å². The molecule has 2 heteroatoms. The van der Waals surface area contributed by atoms with Crippen LogP contribution in [-0.2, 0) is 6.42 Å². The van der Waals surface area contributed by atoms with Gasteiger partial charge in [-0.05, 0) is 36.0 Å². The number of rotatable bonds is 1. The largest absolute Gasteiger partial charge is 0.207 e. The Morgan fingerprint density at radius 1 is 1.14 bits per heavy atom. The second kappa shape index (κ2) is 3.68. The molecule has 0 aliphatic carbocycles. The van der Waals surface area contributed by atoms with E-state index in [0.29, 0.717) is 12.0 Å². The zero-order valence-electron chi connectivity index (χ0n) is 9.12. The van der Waals surface area contributed by atoms with E-state index in [4.69, 9.17) is 0 Å². The van der Waals surface area contributed by atoms with Gasteiger partial charge in [-0.25, -0.2) is 8.78 Å². The van der Waals surface area contributed by atoms with Crippen molar-refractivity contribution in [2.75, 3.05) is 0 Å². The molecule has 1 aromatic carbocycles. The number of hydrogen-bond donors (Lipinski definition) is 0. The van der Waals surface area contributed by atoms with Gasteiger partial charge in [0.25, 0.3) is 0 Å². The van der Waals surface area contributed by atoms with E-state index >= 15 is 0 Å². The molecule has 1 rings (SSSR count). The van der Waals surface area contributed by atoms with Gasteiger partial charge in [-0.2, -0.15) is 0 Å². The Labute approximate surface area is 84.0 Å². The van der Waals surface area contributed by atoms with Gasteiger partial charge >= 0.3 is 0 Å². The van der Waals surface area contributed by atoms with Gasteiger partial charge in [0, 0.05) is 6.07 Å². The van der Waals surface area contributed by atoms with E-state index in [1.165, 1.54) is 6.07 Å². The molecule has 0 aliphatic rings. The van der Waals surface area contributed by atoms with Crippen molar-refractivity contribution in [2.24, 2.45) is 5.41 Å². The molecule has 0 atom stereocenters. The van der Waals surface area contributed by atoms with Crippen molar-refractivity contribution in [3.63, 3.8) is 0 Å². The molecule has 0 nitrogen and oxygen atoms in total. The zero-order valence-corrected chi connectivity index (χ0v) is 9.12. The first kappa shape index (κ1) is 11.2. The third-order valence-electron chi connectivity index (χ3n) is 2.14. The van der Waals surface area contributed by atoms with Crippen LogP contribution < -0.4 is 0 Å². The predicted molar refractivity (Wildman–Crippen MR) is 54.3 cm³/mol. The van der Waals surface area contributed by atoms with Gasteiger partial charge in [-0.15, -0.1) is 0 Å². The highest BCUT2D eigenvalue weighted by Crippen LogP contribution is 2.24. The molecule has 0 unspecified atom stereocenters. The van der Waals surface area contributed by atoms with Crippen molar-refractivity contribution in [2.45, 2.75) is 34.1 Å². The Bertz CT molecular complexity index is 335. The summed E-state index contributed by atoms with van der Waals surface area (Å²) in [5.41, 5.74) is 1.36. The highest BCUT2D eigenvalue weighted by molar-refractivity contribution is 5.28. The quantitative estimate of drug-likeness (QED) is 0.642. The summed E-state index contributed by atoms with van der Waals surface area (Å²) in [4.78, 5) is 0. The van der Waals surface area contributed by atoms with Crippen LogP contribution >= 0.6 is 0 Å². The van der Waals surface area contributed by atoms with Crippen LogP contribution in [0.15, 0.2) is 12.1 Å². The van der Waals surface area contributed by atoms with Crippen molar-refractivity contribution in [1.29, 1.82) is 0 Å². The molecule has 14 heavy (non-hydrogen) atoms. The highest BCUT2D eigenvalue weighted by Gasteiger charge is 2.15. The molecular weight excluding hydrogens is 182 g/mol. The summed E-state index contributed by atoms with van der Waals surface area (Å²) >= 11 is 0. The first-order valence-corrected chi connectivity index (χ1v) is 4.74. The molecule has 0 aromatic heterocycles. The Morgan fingerprint density at radius 2 is 1.71 bits per heavy atom. The molecule has 0 amide bonds.